The number of hydrogen-bond acceptors (Lipinski definition) is 3. The molecule has 1 heterocycles. The maximum Gasteiger partial charge on any atom is 0.573 e. The van der Waals surface area contributed by atoms with Gasteiger partial charge in [-0.3, -0.25) is 4.79 Å². The minimum atomic E-state index is -4.80. The smallest absolute Gasteiger partial charge is 0.406 e. The zero-order valence-electron chi connectivity index (χ0n) is 12.5. The highest BCUT2D eigenvalue weighted by Gasteiger charge is 2.44. The number of ether oxygens (including phenoxy) is 1. The molecule has 0 aliphatic carbocycles. The van der Waals surface area contributed by atoms with Crippen molar-refractivity contribution in [2.24, 2.45) is 5.92 Å². The molecule has 2 rings (SSSR count). The third kappa shape index (κ3) is 4.80. The average Bonchev–Trinajstić information content (AvgIpc) is 2.47. The normalized spacial score (nSPS) is 20.8. The largest absolute Gasteiger partial charge is 0.573 e. The molecule has 4 nitrogen and oxygen atoms in total. The summed E-state index contributed by atoms with van der Waals surface area (Å²) in [7, 11) is 0. The van der Waals surface area contributed by atoms with Crippen LogP contribution in [0, 0.1) is 5.92 Å². The Bertz CT molecular complexity index is 573. The number of benzene rings is 1. The first-order chi connectivity index (χ1) is 11.1. The van der Waals surface area contributed by atoms with Crippen LogP contribution in [-0.4, -0.2) is 47.9 Å². The quantitative estimate of drug-likeness (QED) is 0.847. The van der Waals surface area contributed by atoms with E-state index in [1.807, 2.05) is 0 Å². The molecular formula is C15H16F5NO3. The van der Waals surface area contributed by atoms with Gasteiger partial charge in [-0.05, 0) is 17.7 Å². The van der Waals surface area contributed by atoms with E-state index in [4.69, 9.17) is 5.11 Å². The molecule has 1 saturated heterocycles. The summed E-state index contributed by atoms with van der Waals surface area (Å²) in [6, 6.07) is 4.77. The van der Waals surface area contributed by atoms with Gasteiger partial charge in [0.1, 0.15) is 5.75 Å². The number of nitrogens with zero attached hydrogens (tertiary/aromatic N) is 1. The van der Waals surface area contributed by atoms with E-state index in [0.29, 0.717) is 5.56 Å². The van der Waals surface area contributed by atoms with E-state index in [9.17, 15) is 26.7 Å². The van der Waals surface area contributed by atoms with Gasteiger partial charge in [0.15, 0.2) is 0 Å². The van der Waals surface area contributed by atoms with Crippen LogP contribution in [0.25, 0.3) is 0 Å². The molecule has 1 aromatic rings. The van der Waals surface area contributed by atoms with E-state index in [2.05, 4.69) is 4.74 Å². The standard InChI is InChI=1S/C15H16F5NO3/c16-14(17)5-6-21(8-11(14)9-22)13(23)7-10-1-3-12(4-2-10)24-15(18,19)20/h1-4,11,22H,5-9H2. The lowest BCUT2D eigenvalue weighted by Crippen LogP contribution is -2.50. The van der Waals surface area contributed by atoms with E-state index in [0.717, 1.165) is 12.1 Å². The van der Waals surface area contributed by atoms with Crippen LogP contribution in [0.4, 0.5) is 22.0 Å². The summed E-state index contributed by atoms with van der Waals surface area (Å²) >= 11 is 0. The number of alkyl halides is 5. The van der Waals surface area contributed by atoms with Gasteiger partial charge in [0.2, 0.25) is 5.91 Å². The van der Waals surface area contributed by atoms with E-state index in [1.165, 1.54) is 17.0 Å². The highest BCUT2D eigenvalue weighted by atomic mass is 19.4. The summed E-state index contributed by atoms with van der Waals surface area (Å²) in [5.41, 5.74) is 0.437. The summed E-state index contributed by atoms with van der Waals surface area (Å²) in [6.45, 7) is -1.10. The first-order valence-corrected chi connectivity index (χ1v) is 7.22. The minimum Gasteiger partial charge on any atom is -0.406 e. The fraction of sp³-hybridized carbons (Fsp3) is 0.533. The molecule has 1 atom stereocenters. The van der Waals surface area contributed by atoms with Crippen molar-refractivity contribution in [3.8, 4) is 5.75 Å². The number of halogens is 5. The van der Waals surface area contributed by atoms with Gasteiger partial charge in [0, 0.05) is 19.5 Å². The second-order valence-corrected chi connectivity index (χ2v) is 5.60. The van der Waals surface area contributed by atoms with Gasteiger partial charge in [-0.1, -0.05) is 12.1 Å². The van der Waals surface area contributed by atoms with Crippen LogP contribution in [0.3, 0.4) is 0 Å². The third-order valence-corrected chi connectivity index (χ3v) is 3.84. The van der Waals surface area contributed by atoms with Gasteiger partial charge in [0.25, 0.3) is 5.92 Å². The molecule has 0 saturated carbocycles. The SMILES string of the molecule is O=C(Cc1ccc(OC(F)(F)F)cc1)N1CCC(F)(F)C(CO)C1. The van der Waals surface area contributed by atoms with E-state index in [-0.39, 0.29) is 19.5 Å². The minimum absolute atomic E-state index is 0.127. The highest BCUT2D eigenvalue weighted by Crippen LogP contribution is 2.33. The lowest BCUT2D eigenvalue weighted by molar-refractivity contribution is -0.274. The third-order valence-electron chi connectivity index (χ3n) is 3.84. The number of likely N-dealkylation sites (tertiary alicyclic amines) is 1. The summed E-state index contributed by atoms with van der Waals surface area (Å²) in [4.78, 5) is 13.4. The molecule has 1 aromatic carbocycles. The Kier molecular flexibility index (Phi) is 5.32. The Labute approximate surface area is 134 Å². The topological polar surface area (TPSA) is 49.8 Å². The molecule has 0 aromatic heterocycles. The predicted octanol–water partition coefficient (Wildman–Crippen LogP) is 2.60. The molecule has 1 N–H and O–H groups in total. The number of aliphatic hydroxyl groups excluding tert-OH is 1. The molecule has 1 fully saturated rings. The lowest BCUT2D eigenvalue weighted by atomic mass is 9.94. The van der Waals surface area contributed by atoms with Crippen LogP contribution < -0.4 is 4.74 Å². The Morgan fingerprint density at radius 2 is 1.92 bits per heavy atom. The van der Waals surface area contributed by atoms with Gasteiger partial charge in [0.05, 0.1) is 18.9 Å². The molecule has 9 heteroatoms. The number of hydrogen-bond donors (Lipinski definition) is 1. The number of carbonyl (C=O) groups excluding carboxylic acids is 1. The maximum atomic E-state index is 13.5. The van der Waals surface area contributed by atoms with Crippen molar-refractivity contribution in [1.82, 2.24) is 4.90 Å². The molecule has 1 unspecified atom stereocenters. The zero-order chi connectivity index (χ0) is 18.0. The van der Waals surface area contributed by atoms with E-state index in [1.54, 1.807) is 0 Å². The van der Waals surface area contributed by atoms with Crippen LogP contribution in [0.5, 0.6) is 5.75 Å². The molecule has 0 bridgehead atoms. The van der Waals surface area contributed by atoms with Gasteiger partial charge < -0.3 is 14.7 Å². The number of piperidine rings is 1. The number of carbonyl (C=O) groups is 1. The first kappa shape index (κ1) is 18.4. The molecular weight excluding hydrogens is 337 g/mol. The summed E-state index contributed by atoms with van der Waals surface area (Å²) in [5.74, 6) is -5.15. The summed E-state index contributed by atoms with van der Waals surface area (Å²) < 4.78 is 66.9. The van der Waals surface area contributed by atoms with Crippen molar-refractivity contribution in [2.45, 2.75) is 25.1 Å². The zero-order valence-corrected chi connectivity index (χ0v) is 12.5. The fourth-order valence-electron chi connectivity index (χ4n) is 2.49. The Morgan fingerprint density at radius 3 is 2.46 bits per heavy atom. The van der Waals surface area contributed by atoms with Crippen LogP contribution >= 0.6 is 0 Å². The molecule has 134 valence electrons. The number of aliphatic hydroxyl groups is 1. The Morgan fingerprint density at radius 1 is 1.29 bits per heavy atom. The Hall–Kier alpha value is -1.90. The monoisotopic (exact) mass is 353 g/mol. The molecule has 0 spiro atoms. The molecule has 1 aliphatic heterocycles. The second kappa shape index (κ2) is 6.92. The lowest BCUT2D eigenvalue weighted by Gasteiger charge is -2.37. The molecule has 1 amide bonds. The fourth-order valence-corrected chi connectivity index (χ4v) is 2.49. The van der Waals surface area contributed by atoms with E-state index < -0.39 is 42.9 Å². The van der Waals surface area contributed by atoms with Crippen molar-refractivity contribution in [1.29, 1.82) is 0 Å². The predicted molar refractivity (Wildman–Crippen MR) is 73.5 cm³/mol. The van der Waals surface area contributed by atoms with Crippen LogP contribution in [0.15, 0.2) is 24.3 Å². The first-order valence-electron chi connectivity index (χ1n) is 7.22. The van der Waals surface area contributed by atoms with Gasteiger partial charge >= 0.3 is 6.36 Å². The van der Waals surface area contributed by atoms with Crippen molar-refractivity contribution < 1.29 is 36.6 Å². The molecule has 0 radical (unpaired) electrons. The maximum absolute atomic E-state index is 13.5. The van der Waals surface area contributed by atoms with Crippen molar-refractivity contribution in [3.05, 3.63) is 29.8 Å². The van der Waals surface area contributed by atoms with Crippen molar-refractivity contribution in [2.75, 3.05) is 19.7 Å². The number of rotatable bonds is 4. The molecule has 1 aliphatic rings. The number of amides is 1. The van der Waals surface area contributed by atoms with Gasteiger partial charge in [-0.25, -0.2) is 8.78 Å². The summed E-state index contributed by atoms with van der Waals surface area (Å²) in [5, 5.41) is 9.02. The Balaban J connectivity index is 1.95. The van der Waals surface area contributed by atoms with E-state index >= 15 is 0 Å². The van der Waals surface area contributed by atoms with Crippen LogP contribution in [0.2, 0.25) is 0 Å². The van der Waals surface area contributed by atoms with Gasteiger partial charge in [-0.15, -0.1) is 13.2 Å². The average molecular weight is 353 g/mol. The van der Waals surface area contributed by atoms with Crippen molar-refractivity contribution in [3.63, 3.8) is 0 Å². The summed E-state index contributed by atoms with van der Waals surface area (Å²) in [6.07, 6.45) is -5.45. The van der Waals surface area contributed by atoms with Crippen molar-refractivity contribution >= 4 is 5.91 Å². The molecule has 24 heavy (non-hydrogen) atoms. The van der Waals surface area contributed by atoms with Crippen LogP contribution in [0.1, 0.15) is 12.0 Å². The second-order valence-electron chi connectivity index (χ2n) is 5.60. The van der Waals surface area contributed by atoms with Crippen LogP contribution in [-0.2, 0) is 11.2 Å². The highest BCUT2D eigenvalue weighted by molar-refractivity contribution is 5.79. The van der Waals surface area contributed by atoms with Gasteiger partial charge in [-0.2, -0.15) is 0 Å².